The van der Waals surface area contributed by atoms with E-state index in [1.54, 1.807) is 0 Å². The van der Waals surface area contributed by atoms with Crippen LogP contribution in [0.5, 0.6) is 0 Å². The summed E-state index contributed by atoms with van der Waals surface area (Å²) >= 11 is 0. The van der Waals surface area contributed by atoms with E-state index in [-0.39, 0.29) is 11.9 Å². The molecule has 0 saturated carbocycles. The number of rotatable bonds is 5. The van der Waals surface area contributed by atoms with E-state index < -0.39 is 0 Å². The summed E-state index contributed by atoms with van der Waals surface area (Å²) in [6.07, 6.45) is 0.901. The molecule has 0 bridgehead atoms. The lowest BCUT2D eigenvalue weighted by Crippen LogP contribution is -2.47. The highest BCUT2D eigenvalue weighted by molar-refractivity contribution is 5.96. The number of hydrogen-bond donors (Lipinski definition) is 1. The molecule has 1 amide bonds. The Morgan fingerprint density at radius 2 is 2.08 bits per heavy atom. The number of ether oxygens (including phenoxy) is 1. The lowest BCUT2D eigenvalue weighted by molar-refractivity contribution is -0.122. The Labute approximate surface area is 142 Å². The highest BCUT2D eigenvalue weighted by Gasteiger charge is 2.23. The first-order valence-electron chi connectivity index (χ1n) is 8.75. The van der Waals surface area contributed by atoms with E-state index in [0.717, 1.165) is 48.6 Å². The minimum atomic E-state index is -0.163. The first kappa shape index (κ1) is 16.9. The SMILES string of the molecule is CCc1nc2cc(NC(=O)[C@H](C)N3CCOCC3)ccc2n1CC. The molecule has 1 saturated heterocycles. The Bertz CT molecular complexity index is 719. The number of nitrogens with one attached hydrogen (secondary N) is 1. The molecule has 1 atom stereocenters. The fraction of sp³-hybridized carbons (Fsp3) is 0.556. The number of benzene rings is 1. The number of amides is 1. The van der Waals surface area contributed by atoms with E-state index in [2.05, 4.69) is 33.6 Å². The van der Waals surface area contributed by atoms with Crippen molar-refractivity contribution < 1.29 is 9.53 Å². The van der Waals surface area contributed by atoms with Gasteiger partial charge in [-0.1, -0.05) is 6.92 Å². The molecule has 6 heteroatoms. The molecule has 6 nitrogen and oxygen atoms in total. The van der Waals surface area contributed by atoms with Gasteiger partial charge in [-0.2, -0.15) is 0 Å². The molecule has 1 aromatic carbocycles. The largest absolute Gasteiger partial charge is 0.379 e. The van der Waals surface area contributed by atoms with Crippen LogP contribution in [0.2, 0.25) is 0 Å². The summed E-state index contributed by atoms with van der Waals surface area (Å²) in [6.45, 7) is 10.1. The van der Waals surface area contributed by atoms with Gasteiger partial charge in [0.15, 0.2) is 0 Å². The molecule has 1 aromatic heterocycles. The molecule has 0 unspecified atom stereocenters. The number of morpholine rings is 1. The molecular weight excluding hydrogens is 304 g/mol. The van der Waals surface area contributed by atoms with Crippen molar-refractivity contribution in [2.45, 2.75) is 39.8 Å². The summed E-state index contributed by atoms with van der Waals surface area (Å²) in [5.74, 6) is 1.10. The number of carbonyl (C=O) groups is 1. The van der Waals surface area contributed by atoms with E-state index in [9.17, 15) is 4.79 Å². The van der Waals surface area contributed by atoms with Gasteiger partial charge in [0.1, 0.15) is 5.82 Å². The minimum absolute atomic E-state index is 0.0156. The molecule has 3 rings (SSSR count). The molecule has 130 valence electrons. The minimum Gasteiger partial charge on any atom is -0.379 e. The Morgan fingerprint density at radius 3 is 2.75 bits per heavy atom. The van der Waals surface area contributed by atoms with Crippen LogP contribution >= 0.6 is 0 Å². The van der Waals surface area contributed by atoms with Crippen LogP contribution in [-0.4, -0.2) is 52.7 Å². The predicted molar refractivity (Wildman–Crippen MR) is 95.3 cm³/mol. The molecule has 0 radical (unpaired) electrons. The van der Waals surface area contributed by atoms with Crippen molar-refractivity contribution in [2.24, 2.45) is 0 Å². The lowest BCUT2D eigenvalue weighted by atomic mass is 10.2. The normalized spacial score (nSPS) is 17.1. The highest BCUT2D eigenvalue weighted by Crippen LogP contribution is 2.21. The zero-order chi connectivity index (χ0) is 17.1. The van der Waals surface area contributed by atoms with Crippen LogP contribution in [0.4, 0.5) is 5.69 Å². The van der Waals surface area contributed by atoms with Gasteiger partial charge in [-0.3, -0.25) is 9.69 Å². The number of aromatic nitrogens is 2. The number of hydrogen-bond acceptors (Lipinski definition) is 4. The summed E-state index contributed by atoms with van der Waals surface area (Å²) in [5.41, 5.74) is 2.86. The van der Waals surface area contributed by atoms with Crippen LogP contribution in [-0.2, 0) is 22.5 Å². The van der Waals surface area contributed by atoms with Gasteiger partial charge in [-0.05, 0) is 32.0 Å². The van der Waals surface area contributed by atoms with E-state index in [1.165, 1.54) is 0 Å². The first-order valence-corrected chi connectivity index (χ1v) is 8.75. The third kappa shape index (κ3) is 3.30. The molecule has 0 spiro atoms. The van der Waals surface area contributed by atoms with Crippen molar-refractivity contribution in [1.82, 2.24) is 14.5 Å². The molecular formula is C18H26N4O2. The van der Waals surface area contributed by atoms with E-state index in [0.29, 0.717) is 13.2 Å². The molecule has 1 aliphatic rings. The van der Waals surface area contributed by atoms with Crippen molar-refractivity contribution >= 4 is 22.6 Å². The van der Waals surface area contributed by atoms with Crippen LogP contribution in [0.15, 0.2) is 18.2 Å². The number of fused-ring (bicyclic) bond motifs is 1. The van der Waals surface area contributed by atoms with Gasteiger partial charge >= 0.3 is 0 Å². The van der Waals surface area contributed by atoms with E-state index in [4.69, 9.17) is 4.74 Å². The standard InChI is InChI=1S/C18H26N4O2/c1-4-17-20-15-12-14(6-7-16(15)22(17)5-2)19-18(23)13(3)21-8-10-24-11-9-21/h6-7,12-13H,4-5,8-11H2,1-3H3,(H,19,23)/t13-/m0/s1. The monoisotopic (exact) mass is 330 g/mol. The maximum atomic E-state index is 12.5. The fourth-order valence-electron chi connectivity index (χ4n) is 3.26. The predicted octanol–water partition coefficient (Wildman–Crippen LogP) is 2.28. The Balaban J connectivity index is 1.76. The maximum Gasteiger partial charge on any atom is 0.241 e. The zero-order valence-corrected chi connectivity index (χ0v) is 14.7. The molecule has 1 fully saturated rings. The van der Waals surface area contributed by atoms with Gasteiger partial charge in [-0.25, -0.2) is 4.98 Å². The second-order valence-electron chi connectivity index (χ2n) is 6.14. The van der Waals surface area contributed by atoms with Crippen molar-refractivity contribution in [3.63, 3.8) is 0 Å². The molecule has 24 heavy (non-hydrogen) atoms. The first-order chi connectivity index (χ1) is 11.6. The number of imidazole rings is 1. The van der Waals surface area contributed by atoms with Crippen molar-refractivity contribution in [1.29, 1.82) is 0 Å². The fourth-order valence-corrected chi connectivity index (χ4v) is 3.26. The van der Waals surface area contributed by atoms with Crippen LogP contribution in [0.25, 0.3) is 11.0 Å². The molecule has 0 aliphatic carbocycles. The maximum absolute atomic E-state index is 12.5. The van der Waals surface area contributed by atoms with Crippen LogP contribution in [0, 0.1) is 0 Å². The zero-order valence-electron chi connectivity index (χ0n) is 14.7. The van der Waals surface area contributed by atoms with Crippen molar-refractivity contribution in [3.05, 3.63) is 24.0 Å². The third-order valence-corrected chi connectivity index (χ3v) is 4.70. The van der Waals surface area contributed by atoms with Crippen LogP contribution in [0.3, 0.4) is 0 Å². The summed E-state index contributed by atoms with van der Waals surface area (Å²) in [4.78, 5) is 19.4. The van der Waals surface area contributed by atoms with Gasteiger partial charge in [-0.15, -0.1) is 0 Å². The quantitative estimate of drug-likeness (QED) is 0.914. The Hall–Kier alpha value is -1.92. The molecule has 2 aromatic rings. The molecule has 1 N–H and O–H groups in total. The third-order valence-electron chi connectivity index (χ3n) is 4.70. The van der Waals surface area contributed by atoms with Crippen LogP contribution < -0.4 is 5.32 Å². The summed E-state index contributed by atoms with van der Waals surface area (Å²) < 4.78 is 7.57. The van der Waals surface area contributed by atoms with Gasteiger partial charge in [0.05, 0.1) is 30.3 Å². The number of carbonyl (C=O) groups excluding carboxylic acids is 1. The average Bonchev–Trinajstić information content (AvgIpc) is 2.98. The second-order valence-corrected chi connectivity index (χ2v) is 6.14. The van der Waals surface area contributed by atoms with Gasteiger partial charge in [0, 0.05) is 31.7 Å². The summed E-state index contributed by atoms with van der Waals surface area (Å²) in [5, 5.41) is 3.03. The molecule has 1 aliphatic heterocycles. The Morgan fingerprint density at radius 1 is 1.33 bits per heavy atom. The summed E-state index contributed by atoms with van der Waals surface area (Å²) in [6, 6.07) is 5.80. The Kier molecular flexibility index (Phi) is 5.16. The second kappa shape index (κ2) is 7.32. The number of anilines is 1. The molecule has 2 heterocycles. The van der Waals surface area contributed by atoms with E-state index >= 15 is 0 Å². The van der Waals surface area contributed by atoms with Crippen LogP contribution in [0.1, 0.15) is 26.6 Å². The van der Waals surface area contributed by atoms with Gasteiger partial charge < -0.3 is 14.6 Å². The highest BCUT2D eigenvalue weighted by atomic mass is 16.5. The van der Waals surface area contributed by atoms with Gasteiger partial charge in [0.2, 0.25) is 5.91 Å². The topological polar surface area (TPSA) is 59.4 Å². The van der Waals surface area contributed by atoms with E-state index in [1.807, 2.05) is 25.1 Å². The van der Waals surface area contributed by atoms with Crippen molar-refractivity contribution in [3.8, 4) is 0 Å². The van der Waals surface area contributed by atoms with Gasteiger partial charge in [0.25, 0.3) is 0 Å². The summed E-state index contributed by atoms with van der Waals surface area (Å²) in [7, 11) is 0. The lowest BCUT2D eigenvalue weighted by Gasteiger charge is -2.31. The number of aryl methyl sites for hydroxylation is 2. The average molecular weight is 330 g/mol. The smallest absolute Gasteiger partial charge is 0.241 e. The number of nitrogens with zero attached hydrogens (tertiary/aromatic N) is 3. The van der Waals surface area contributed by atoms with Crippen molar-refractivity contribution in [2.75, 3.05) is 31.6 Å².